The van der Waals surface area contributed by atoms with E-state index >= 15 is 0 Å². The number of benzene rings is 2. The molecular formula is C20H20N4. The fourth-order valence-electron chi connectivity index (χ4n) is 3.08. The third-order valence-corrected chi connectivity index (χ3v) is 4.34. The van der Waals surface area contributed by atoms with Crippen molar-refractivity contribution in [2.24, 2.45) is 0 Å². The molecule has 0 aliphatic carbocycles. The van der Waals surface area contributed by atoms with E-state index in [-0.39, 0.29) is 0 Å². The van der Waals surface area contributed by atoms with E-state index in [0.717, 1.165) is 25.2 Å². The molecule has 0 saturated carbocycles. The average molecular weight is 316 g/mol. The molecule has 2 aromatic heterocycles. The molecule has 4 rings (SSSR count). The SMILES string of the molecule is c1ccc(-c2[nH]ncc2CNCCc2c[nH]c3ccccc23)cc1. The Bertz CT molecular complexity index is 921. The zero-order chi connectivity index (χ0) is 16.2. The second kappa shape index (κ2) is 6.72. The Morgan fingerprint density at radius 1 is 0.917 bits per heavy atom. The summed E-state index contributed by atoms with van der Waals surface area (Å²) in [5.74, 6) is 0. The van der Waals surface area contributed by atoms with E-state index in [2.05, 4.69) is 63.1 Å². The second-order valence-electron chi connectivity index (χ2n) is 5.92. The molecule has 3 N–H and O–H groups in total. The molecule has 2 heterocycles. The van der Waals surface area contributed by atoms with E-state index in [9.17, 15) is 0 Å². The number of nitrogens with one attached hydrogen (secondary N) is 3. The fraction of sp³-hybridized carbons (Fsp3) is 0.150. The number of hydrogen-bond donors (Lipinski definition) is 3. The van der Waals surface area contributed by atoms with Gasteiger partial charge in [0.05, 0.1) is 11.9 Å². The highest BCUT2D eigenvalue weighted by molar-refractivity contribution is 5.83. The molecule has 4 aromatic rings. The Labute approximate surface area is 140 Å². The summed E-state index contributed by atoms with van der Waals surface area (Å²) in [6, 6.07) is 18.8. The lowest BCUT2D eigenvalue weighted by Gasteiger charge is -2.06. The zero-order valence-electron chi connectivity index (χ0n) is 13.4. The van der Waals surface area contributed by atoms with Gasteiger partial charge in [-0.15, -0.1) is 0 Å². The number of rotatable bonds is 6. The summed E-state index contributed by atoms with van der Waals surface area (Å²) in [7, 11) is 0. The molecule has 0 saturated heterocycles. The summed E-state index contributed by atoms with van der Waals surface area (Å²) in [5.41, 5.74) is 6.01. The van der Waals surface area contributed by atoms with Crippen molar-refractivity contribution >= 4 is 10.9 Å². The van der Waals surface area contributed by atoms with Gasteiger partial charge in [-0.3, -0.25) is 5.10 Å². The van der Waals surface area contributed by atoms with Gasteiger partial charge in [0, 0.05) is 29.2 Å². The van der Waals surface area contributed by atoms with Crippen molar-refractivity contribution in [2.75, 3.05) is 6.54 Å². The molecule has 2 aromatic carbocycles. The lowest BCUT2D eigenvalue weighted by Crippen LogP contribution is -2.16. The molecule has 0 spiro atoms. The number of H-pyrrole nitrogens is 2. The number of hydrogen-bond acceptors (Lipinski definition) is 2. The van der Waals surface area contributed by atoms with Crippen molar-refractivity contribution in [3.63, 3.8) is 0 Å². The van der Waals surface area contributed by atoms with Crippen LogP contribution < -0.4 is 5.32 Å². The minimum Gasteiger partial charge on any atom is -0.361 e. The minimum absolute atomic E-state index is 0.809. The van der Waals surface area contributed by atoms with Crippen LogP contribution in [0.2, 0.25) is 0 Å². The molecule has 24 heavy (non-hydrogen) atoms. The summed E-state index contributed by atoms with van der Waals surface area (Å²) < 4.78 is 0. The van der Waals surface area contributed by atoms with Gasteiger partial charge >= 0.3 is 0 Å². The van der Waals surface area contributed by atoms with Crippen LogP contribution in [0.1, 0.15) is 11.1 Å². The topological polar surface area (TPSA) is 56.5 Å². The quantitative estimate of drug-likeness (QED) is 0.473. The molecule has 4 heteroatoms. The number of aromatic amines is 2. The molecule has 4 nitrogen and oxygen atoms in total. The van der Waals surface area contributed by atoms with Crippen molar-refractivity contribution in [3.05, 3.63) is 78.1 Å². The maximum Gasteiger partial charge on any atom is 0.0695 e. The average Bonchev–Trinajstić information content (AvgIpc) is 3.27. The first kappa shape index (κ1) is 14.7. The van der Waals surface area contributed by atoms with Gasteiger partial charge in [-0.2, -0.15) is 5.10 Å². The Balaban J connectivity index is 1.38. The molecule has 0 aliphatic rings. The van der Waals surface area contributed by atoms with Gasteiger partial charge in [-0.05, 0) is 30.2 Å². The Morgan fingerprint density at radius 2 is 1.75 bits per heavy atom. The van der Waals surface area contributed by atoms with E-state index in [1.807, 2.05) is 24.4 Å². The summed E-state index contributed by atoms with van der Waals surface area (Å²) in [6.07, 6.45) is 5.02. The summed E-state index contributed by atoms with van der Waals surface area (Å²) in [4.78, 5) is 3.33. The fourth-order valence-corrected chi connectivity index (χ4v) is 3.08. The Kier molecular flexibility index (Phi) is 4.13. The number of fused-ring (bicyclic) bond motifs is 1. The van der Waals surface area contributed by atoms with Crippen LogP contribution in [-0.2, 0) is 13.0 Å². The molecule has 0 aliphatic heterocycles. The molecule has 0 amide bonds. The number of nitrogens with zero attached hydrogens (tertiary/aromatic N) is 1. The van der Waals surface area contributed by atoms with Gasteiger partial charge in [0.15, 0.2) is 0 Å². The van der Waals surface area contributed by atoms with Gasteiger partial charge in [0.2, 0.25) is 0 Å². The highest BCUT2D eigenvalue weighted by atomic mass is 15.1. The van der Waals surface area contributed by atoms with Crippen LogP contribution in [0.4, 0.5) is 0 Å². The van der Waals surface area contributed by atoms with Crippen LogP contribution in [0.25, 0.3) is 22.2 Å². The van der Waals surface area contributed by atoms with Crippen LogP contribution in [-0.4, -0.2) is 21.7 Å². The van der Waals surface area contributed by atoms with E-state index < -0.39 is 0 Å². The first-order valence-electron chi connectivity index (χ1n) is 8.25. The van der Waals surface area contributed by atoms with Crippen LogP contribution in [0.3, 0.4) is 0 Å². The monoisotopic (exact) mass is 316 g/mol. The van der Waals surface area contributed by atoms with Crippen LogP contribution in [0.15, 0.2) is 67.0 Å². The van der Waals surface area contributed by atoms with Crippen LogP contribution in [0, 0.1) is 0 Å². The van der Waals surface area contributed by atoms with Crippen molar-refractivity contribution in [1.29, 1.82) is 0 Å². The highest BCUT2D eigenvalue weighted by Crippen LogP contribution is 2.21. The molecule has 0 atom stereocenters. The highest BCUT2D eigenvalue weighted by Gasteiger charge is 2.07. The smallest absolute Gasteiger partial charge is 0.0695 e. The van der Waals surface area contributed by atoms with Gasteiger partial charge in [0.25, 0.3) is 0 Å². The molecule has 0 radical (unpaired) electrons. The summed E-state index contributed by atoms with van der Waals surface area (Å²) >= 11 is 0. The standard InChI is InChI=1S/C20H20N4/c1-2-6-15(7-3-1)20-17(14-23-24-20)12-21-11-10-16-13-22-19-9-5-4-8-18(16)19/h1-9,13-14,21-22H,10-12H2,(H,23,24). The Morgan fingerprint density at radius 3 is 2.67 bits per heavy atom. The first-order valence-corrected chi connectivity index (χ1v) is 8.25. The number of aromatic nitrogens is 3. The number of para-hydroxylation sites is 1. The van der Waals surface area contributed by atoms with Gasteiger partial charge < -0.3 is 10.3 Å². The predicted molar refractivity (Wildman–Crippen MR) is 97.7 cm³/mol. The minimum atomic E-state index is 0.809. The van der Waals surface area contributed by atoms with Gasteiger partial charge in [-0.25, -0.2) is 0 Å². The third kappa shape index (κ3) is 2.96. The zero-order valence-corrected chi connectivity index (χ0v) is 13.4. The lowest BCUT2D eigenvalue weighted by molar-refractivity contribution is 0.689. The third-order valence-electron chi connectivity index (χ3n) is 4.34. The molecular weight excluding hydrogens is 296 g/mol. The second-order valence-corrected chi connectivity index (χ2v) is 5.92. The first-order chi connectivity index (χ1) is 11.9. The maximum atomic E-state index is 4.20. The lowest BCUT2D eigenvalue weighted by atomic mass is 10.1. The van der Waals surface area contributed by atoms with E-state index in [1.165, 1.54) is 27.6 Å². The molecule has 0 fully saturated rings. The van der Waals surface area contributed by atoms with Crippen LogP contribution in [0.5, 0.6) is 0 Å². The summed E-state index contributed by atoms with van der Waals surface area (Å²) in [6.45, 7) is 1.74. The summed E-state index contributed by atoms with van der Waals surface area (Å²) in [5, 5.41) is 12.1. The molecule has 120 valence electrons. The van der Waals surface area contributed by atoms with Crippen molar-refractivity contribution < 1.29 is 0 Å². The van der Waals surface area contributed by atoms with Crippen molar-refractivity contribution in [1.82, 2.24) is 20.5 Å². The van der Waals surface area contributed by atoms with Gasteiger partial charge in [0.1, 0.15) is 0 Å². The largest absolute Gasteiger partial charge is 0.361 e. The van der Waals surface area contributed by atoms with E-state index in [4.69, 9.17) is 0 Å². The van der Waals surface area contributed by atoms with Crippen molar-refractivity contribution in [3.8, 4) is 11.3 Å². The van der Waals surface area contributed by atoms with Crippen molar-refractivity contribution in [2.45, 2.75) is 13.0 Å². The Hall–Kier alpha value is -2.85. The van der Waals surface area contributed by atoms with Gasteiger partial charge in [-0.1, -0.05) is 48.5 Å². The van der Waals surface area contributed by atoms with E-state index in [0.29, 0.717) is 0 Å². The molecule has 0 bridgehead atoms. The maximum absolute atomic E-state index is 4.20. The molecule has 0 unspecified atom stereocenters. The van der Waals surface area contributed by atoms with Crippen LogP contribution >= 0.6 is 0 Å². The van der Waals surface area contributed by atoms with E-state index in [1.54, 1.807) is 0 Å². The normalized spacial score (nSPS) is 11.2. The predicted octanol–water partition coefficient (Wildman–Crippen LogP) is 3.89.